The Morgan fingerprint density at radius 2 is 2.10 bits per heavy atom. The maximum absolute atomic E-state index is 12.8. The van der Waals surface area contributed by atoms with Crippen LogP contribution >= 0.6 is 27.5 Å². The molecular weight excluding hydrogens is 362 g/mol. The highest BCUT2D eigenvalue weighted by atomic mass is 79.9. The van der Waals surface area contributed by atoms with Crippen LogP contribution in [0.3, 0.4) is 0 Å². The molecular formula is C14H19BrClNO2S. The van der Waals surface area contributed by atoms with Crippen LogP contribution in [0.1, 0.15) is 32.3 Å². The van der Waals surface area contributed by atoms with Crippen LogP contribution in [-0.2, 0) is 15.9 Å². The third-order valence-corrected chi connectivity index (χ3v) is 6.76. The van der Waals surface area contributed by atoms with E-state index in [1.165, 1.54) is 0 Å². The molecule has 1 aliphatic heterocycles. The van der Waals surface area contributed by atoms with Crippen molar-refractivity contribution >= 4 is 37.6 Å². The van der Waals surface area contributed by atoms with Gasteiger partial charge in [-0.15, -0.1) is 11.6 Å². The molecule has 112 valence electrons. The zero-order valence-corrected chi connectivity index (χ0v) is 14.9. The summed E-state index contributed by atoms with van der Waals surface area (Å²) in [5.74, 6) is 0.371. The number of halogens is 2. The third kappa shape index (κ3) is 3.38. The molecule has 1 heterocycles. The van der Waals surface area contributed by atoms with Gasteiger partial charge in [-0.05, 0) is 51.9 Å². The number of nitrogens with zero attached hydrogens (tertiary/aromatic N) is 1. The van der Waals surface area contributed by atoms with E-state index >= 15 is 0 Å². The summed E-state index contributed by atoms with van der Waals surface area (Å²) in [6, 6.07) is 5.17. The number of hydrogen-bond acceptors (Lipinski definition) is 2. The van der Waals surface area contributed by atoms with E-state index in [-0.39, 0.29) is 5.41 Å². The zero-order valence-electron chi connectivity index (χ0n) is 11.7. The molecule has 0 amide bonds. The molecule has 0 bridgehead atoms. The van der Waals surface area contributed by atoms with E-state index in [9.17, 15) is 8.42 Å². The average molecular weight is 381 g/mol. The van der Waals surface area contributed by atoms with E-state index in [2.05, 4.69) is 29.8 Å². The molecule has 6 heteroatoms. The van der Waals surface area contributed by atoms with Crippen molar-refractivity contribution < 1.29 is 8.42 Å². The molecule has 0 radical (unpaired) electrons. The smallest absolute Gasteiger partial charge is 0.207 e. The van der Waals surface area contributed by atoms with E-state index in [0.29, 0.717) is 28.3 Å². The number of piperidine rings is 1. The molecule has 0 atom stereocenters. The highest BCUT2D eigenvalue weighted by Gasteiger charge is 2.34. The SMILES string of the molecule is CC1(C)CCCN(S(=O)(=O)c2ccc(CCl)cc2Br)C1. The normalized spacial score (nSPS) is 20.0. The van der Waals surface area contributed by atoms with Crippen molar-refractivity contribution in [2.24, 2.45) is 5.41 Å². The van der Waals surface area contributed by atoms with Gasteiger partial charge >= 0.3 is 0 Å². The molecule has 0 saturated carbocycles. The van der Waals surface area contributed by atoms with Gasteiger partial charge in [0.2, 0.25) is 10.0 Å². The minimum absolute atomic E-state index is 0.0356. The summed E-state index contributed by atoms with van der Waals surface area (Å²) >= 11 is 9.13. The summed E-state index contributed by atoms with van der Waals surface area (Å²) in [7, 11) is -3.45. The monoisotopic (exact) mass is 379 g/mol. The lowest BCUT2D eigenvalue weighted by molar-refractivity contribution is 0.187. The van der Waals surface area contributed by atoms with Crippen molar-refractivity contribution in [3.05, 3.63) is 28.2 Å². The first kappa shape index (κ1) is 16.3. The maximum atomic E-state index is 12.8. The third-order valence-electron chi connectivity index (χ3n) is 3.63. The number of alkyl halides is 1. The number of sulfonamides is 1. The zero-order chi connectivity index (χ0) is 15.0. The summed E-state index contributed by atoms with van der Waals surface area (Å²) < 4.78 is 27.7. The second-order valence-corrected chi connectivity index (χ2v) is 9.03. The highest BCUT2D eigenvalue weighted by Crippen LogP contribution is 2.34. The molecule has 1 aromatic carbocycles. The van der Waals surface area contributed by atoms with Gasteiger partial charge in [-0.25, -0.2) is 8.42 Å². The highest BCUT2D eigenvalue weighted by molar-refractivity contribution is 9.10. The van der Waals surface area contributed by atoms with E-state index in [0.717, 1.165) is 18.4 Å². The first-order chi connectivity index (χ1) is 9.26. The van der Waals surface area contributed by atoms with E-state index in [1.54, 1.807) is 22.5 Å². The molecule has 1 aliphatic rings. The van der Waals surface area contributed by atoms with Crippen molar-refractivity contribution in [1.29, 1.82) is 0 Å². The Morgan fingerprint density at radius 1 is 1.40 bits per heavy atom. The fraction of sp³-hybridized carbons (Fsp3) is 0.571. The molecule has 3 nitrogen and oxygen atoms in total. The van der Waals surface area contributed by atoms with Gasteiger partial charge in [0.15, 0.2) is 0 Å². The molecule has 0 aliphatic carbocycles. The number of hydrogen-bond donors (Lipinski definition) is 0. The summed E-state index contributed by atoms with van der Waals surface area (Å²) in [4.78, 5) is 0.323. The average Bonchev–Trinajstić information content (AvgIpc) is 2.37. The van der Waals surface area contributed by atoms with Crippen LogP contribution in [0.4, 0.5) is 0 Å². The predicted molar refractivity (Wildman–Crippen MR) is 85.5 cm³/mol. The minimum atomic E-state index is -3.45. The Bertz CT molecular complexity index is 601. The Labute approximate surface area is 134 Å². The predicted octanol–water partition coefficient (Wildman–Crippen LogP) is 4.00. The van der Waals surface area contributed by atoms with E-state index in [4.69, 9.17) is 11.6 Å². The van der Waals surface area contributed by atoms with Crippen LogP contribution in [0.25, 0.3) is 0 Å². The standard InChI is InChI=1S/C14H19BrClNO2S/c1-14(2)6-3-7-17(10-14)20(18,19)13-5-4-11(9-16)8-12(13)15/h4-5,8H,3,6-7,9-10H2,1-2H3. The van der Waals surface area contributed by atoms with Gasteiger partial charge in [-0.2, -0.15) is 4.31 Å². The van der Waals surface area contributed by atoms with Gasteiger partial charge in [-0.1, -0.05) is 19.9 Å². The van der Waals surface area contributed by atoms with Crippen LogP contribution < -0.4 is 0 Å². The molecule has 2 rings (SSSR count). The van der Waals surface area contributed by atoms with Crippen LogP contribution in [0.2, 0.25) is 0 Å². The number of benzene rings is 1. The lowest BCUT2D eigenvalue weighted by atomic mass is 9.85. The second-order valence-electron chi connectivity index (χ2n) is 6.00. The van der Waals surface area contributed by atoms with Crippen molar-refractivity contribution in [1.82, 2.24) is 4.31 Å². The maximum Gasteiger partial charge on any atom is 0.244 e. The fourth-order valence-electron chi connectivity index (χ4n) is 2.55. The summed E-state index contributed by atoms with van der Waals surface area (Å²) in [6.07, 6.45) is 1.97. The van der Waals surface area contributed by atoms with Gasteiger partial charge in [0, 0.05) is 23.4 Å². The molecule has 1 fully saturated rings. The number of rotatable bonds is 3. The van der Waals surface area contributed by atoms with E-state index < -0.39 is 10.0 Å². The van der Waals surface area contributed by atoms with Crippen LogP contribution in [0.5, 0.6) is 0 Å². The summed E-state index contributed by atoms with van der Waals surface area (Å²) in [6.45, 7) is 5.38. The first-order valence-corrected chi connectivity index (χ1v) is 9.38. The Hall–Kier alpha value is -0.100. The van der Waals surface area contributed by atoms with Gasteiger partial charge in [0.1, 0.15) is 0 Å². The second kappa shape index (κ2) is 5.95. The van der Waals surface area contributed by atoms with Crippen LogP contribution in [0.15, 0.2) is 27.6 Å². The van der Waals surface area contributed by atoms with Gasteiger partial charge in [0.05, 0.1) is 4.90 Å². The Balaban J connectivity index is 2.35. The van der Waals surface area contributed by atoms with Gasteiger partial charge in [0.25, 0.3) is 0 Å². The molecule has 0 aromatic heterocycles. The lowest BCUT2D eigenvalue weighted by Gasteiger charge is -2.37. The topological polar surface area (TPSA) is 37.4 Å². The molecule has 1 saturated heterocycles. The minimum Gasteiger partial charge on any atom is -0.207 e. The molecule has 20 heavy (non-hydrogen) atoms. The molecule has 0 N–H and O–H groups in total. The largest absolute Gasteiger partial charge is 0.244 e. The Morgan fingerprint density at radius 3 is 2.65 bits per heavy atom. The summed E-state index contributed by atoms with van der Waals surface area (Å²) in [5.41, 5.74) is 0.935. The van der Waals surface area contributed by atoms with Crippen molar-refractivity contribution in [3.63, 3.8) is 0 Å². The lowest BCUT2D eigenvalue weighted by Crippen LogP contribution is -2.43. The molecule has 1 aromatic rings. The van der Waals surface area contributed by atoms with Crippen molar-refractivity contribution in [2.75, 3.05) is 13.1 Å². The van der Waals surface area contributed by atoms with Crippen LogP contribution in [0, 0.1) is 5.41 Å². The van der Waals surface area contributed by atoms with Gasteiger partial charge < -0.3 is 0 Å². The first-order valence-electron chi connectivity index (χ1n) is 6.61. The van der Waals surface area contributed by atoms with Gasteiger partial charge in [-0.3, -0.25) is 0 Å². The van der Waals surface area contributed by atoms with E-state index in [1.807, 2.05) is 0 Å². The van der Waals surface area contributed by atoms with Crippen LogP contribution in [-0.4, -0.2) is 25.8 Å². The summed E-state index contributed by atoms with van der Waals surface area (Å²) in [5, 5.41) is 0. The quantitative estimate of drug-likeness (QED) is 0.743. The fourth-order valence-corrected chi connectivity index (χ4v) is 5.47. The molecule has 0 unspecified atom stereocenters. The Kier molecular flexibility index (Phi) is 4.84. The van der Waals surface area contributed by atoms with Crippen molar-refractivity contribution in [3.8, 4) is 0 Å². The molecule has 0 spiro atoms. The van der Waals surface area contributed by atoms with Crippen molar-refractivity contribution in [2.45, 2.75) is 37.5 Å².